The van der Waals surface area contributed by atoms with E-state index in [-0.39, 0.29) is 0 Å². The molecule has 1 atom stereocenters. The molecular weight excluding hydrogens is 347 g/mol. The van der Waals surface area contributed by atoms with Crippen LogP contribution >= 0.6 is 0 Å². The number of unbranched alkanes of at least 4 members (excludes halogenated alkanes) is 4. The van der Waals surface area contributed by atoms with E-state index in [1.165, 1.54) is 29.9 Å². The number of nitrogens with one attached hydrogen (secondary N) is 1. The van der Waals surface area contributed by atoms with Crippen LogP contribution in [-0.4, -0.2) is 27.3 Å². The molecule has 1 aromatic heterocycles. The van der Waals surface area contributed by atoms with Crippen molar-refractivity contribution in [1.82, 2.24) is 14.8 Å². The lowest BCUT2D eigenvalue weighted by atomic mass is 9.95. The Hall–Kier alpha value is -2.70. The quantitative estimate of drug-likeness (QED) is 0.555. The number of allylic oxidation sites excluding steroid dienone is 1. The van der Waals surface area contributed by atoms with Gasteiger partial charge in [0.15, 0.2) is 0 Å². The van der Waals surface area contributed by atoms with Gasteiger partial charge in [0.25, 0.3) is 0 Å². The van der Waals surface area contributed by atoms with E-state index in [1.54, 1.807) is 25.1 Å². The molecule has 0 fully saturated rings. The summed E-state index contributed by atoms with van der Waals surface area (Å²) in [5, 5.41) is 7.24. The first-order valence-electron chi connectivity index (χ1n) is 9.42. The van der Waals surface area contributed by atoms with Gasteiger partial charge in [-0.15, -0.1) is 0 Å². The normalized spacial score (nSPS) is 16.0. The summed E-state index contributed by atoms with van der Waals surface area (Å²) < 4.78 is 21.5. The van der Waals surface area contributed by atoms with Gasteiger partial charge < -0.3 is 10.1 Å². The van der Waals surface area contributed by atoms with Crippen molar-refractivity contribution < 1.29 is 13.9 Å². The van der Waals surface area contributed by atoms with Crippen LogP contribution in [0.5, 0.6) is 0 Å². The van der Waals surface area contributed by atoms with Crippen molar-refractivity contribution >= 4 is 11.9 Å². The highest BCUT2D eigenvalue weighted by Gasteiger charge is 2.35. The van der Waals surface area contributed by atoms with Gasteiger partial charge in [0.05, 0.1) is 12.2 Å². The highest BCUT2D eigenvalue weighted by atomic mass is 19.1. The molecule has 144 valence electrons. The summed E-state index contributed by atoms with van der Waals surface area (Å²) in [4.78, 5) is 17.0. The average Bonchev–Trinajstić information content (AvgIpc) is 3.12. The highest BCUT2D eigenvalue weighted by molar-refractivity contribution is 5.92. The van der Waals surface area contributed by atoms with Crippen LogP contribution in [0.15, 0.2) is 41.9 Å². The van der Waals surface area contributed by atoms with Gasteiger partial charge in [-0.1, -0.05) is 50.8 Å². The fraction of sp³-hybridized carbons (Fsp3) is 0.450. The second-order valence-electron chi connectivity index (χ2n) is 6.67. The minimum atomic E-state index is -0.711. The van der Waals surface area contributed by atoms with E-state index >= 15 is 0 Å². The maximum Gasteiger partial charge on any atom is 0.338 e. The van der Waals surface area contributed by atoms with Crippen molar-refractivity contribution in [1.29, 1.82) is 0 Å². The fourth-order valence-corrected chi connectivity index (χ4v) is 3.29. The predicted octanol–water partition coefficient (Wildman–Crippen LogP) is 4.22. The first-order chi connectivity index (χ1) is 13.1. The Labute approximate surface area is 158 Å². The SMILES string of the molecule is CCCCCCCOC(=O)C1=C(C)Nc2ncnn2[C@@H]1c1ccccc1F. The molecule has 2 heterocycles. The molecule has 27 heavy (non-hydrogen) atoms. The average molecular weight is 372 g/mol. The number of halogens is 1. The maximum atomic E-state index is 14.5. The lowest BCUT2D eigenvalue weighted by molar-refractivity contribution is -0.139. The largest absolute Gasteiger partial charge is 0.462 e. The lowest BCUT2D eigenvalue weighted by Crippen LogP contribution is -2.30. The van der Waals surface area contributed by atoms with Crippen LogP contribution < -0.4 is 5.32 Å². The number of nitrogens with zero attached hydrogens (tertiary/aromatic N) is 3. The molecule has 1 aliphatic heterocycles. The third-order valence-corrected chi connectivity index (χ3v) is 4.70. The van der Waals surface area contributed by atoms with Gasteiger partial charge in [-0.25, -0.2) is 13.9 Å². The molecule has 0 radical (unpaired) electrons. The van der Waals surface area contributed by atoms with Crippen LogP contribution in [0, 0.1) is 5.82 Å². The topological polar surface area (TPSA) is 69.0 Å². The number of fused-ring (bicyclic) bond motifs is 1. The van der Waals surface area contributed by atoms with Crippen molar-refractivity contribution in [3.05, 3.63) is 53.2 Å². The molecule has 0 aliphatic carbocycles. The van der Waals surface area contributed by atoms with Crippen molar-refractivity contribution in [2.75, 3.05) is 11.9 Å². The van der Waals surface area contributed by atoms with E-state index in [9.17, 15) is 9.18 Å². The van der Waals surface area contributed by atoms with Gasteiger partial charge >= 0.3 is 5.97 Å². The number of hydrogen-bond acceptors (Lipinski definition) is 5. The summed E-state index contributed by atoms with van der Waals surface area (Å²) in [5.41, 5.74) is 1.31. The molecule has 0 amide bonds. The zero-order valence-corrected chi connectivity index (χ0v) is 15.7. The molecule has 0 saturated heterocycles. The van der Waals surface area contributed by atoms with Crippen LogP contribution in [0.2, 0.25) is 0 Å². The Balaban J connectivity index is 1.81. The second kappa shape index (κ2) is 8.79. The van der Waals surface area contributed by atoms with E-state index in [4.69, 9.17) is 4.74 Å². The Bertz CT molecular complexity index is 831. The Kier molecular flexibility index (Phi) is 6.21. The first-order valence-corrected chi connectivity index (χ1v) is 9.42. The van der Waals surface area contributed by atoms with Crippen LogP contribution in [0.25, 0.3) is 0 Å². The van der Waals surface area contributed by atoms with E-state index in [1.807, 2.05) is 0 Å². The summed E-state index contributed by atoms with van der Waals surface area (Å²) in [6, 6.07) is 5.68. The van der Waals surface area contributed by atoms with Gasteiger partial charge in [0, 0.05) is 11.3 Å². The zero-order chi connectivity index (χ0) is 19.2. The van der Waals surface area contributed by atoms with Crippen LogP contribution in [-0.2, 0) is 9.53 Å². The molecule has 1 aliphatic rings. The molecule has 0 bridgehead atoms. The number of benzene rings is 1. The van der Waals surface area contributed by atoms with Crippen LogP contribution in [0.4, 0.5) is 10.3 Å². The van der Waals surface area contributed by atoms with Crippen LogP contribution in [0.3, 0.4) is 0 Å². The van der Waals surface area contributed by atoms with E-state index in [0.29, 0.717) is 29.4 Å². The zero-order valence-electron chi connectivity index (χ0n) is 15.7. The van der Waals surface area contributed by atoms with Crippen molar-refractivity contribution in [2.45, 2.75) is 52.0 Å². The smallest absolute Gasteiger partial charge is 0.338 e. The minimum absolute atomic E-state index is 0.353. The Morgan fingerprint density at radius 2 is 2.04 bits per heavy atom. The Morgan fingerprint density at radius 3 is 2.81 bits per heavy atom. The number of esters is 1. The predicted molar refractivity (Wildman–Crippen MR) is 101 cm³/mol. The molecule has 0 saturated carbocycles. The molecule has 6 nitrogen and oxygen atoms in total. The van der Waals surface area contributed by atoms with Crippen molar-refractivity contribution in [3.8, 4) is 0 Å². The molecule has 3 rings (SSSR count). The van der Waals surface area contributed by atoms with Gasteiger partial charge in [-0.2, -0.15) is 10.1 Å². The molecule has 0 unspecified atom stereocenters. The van der Waals surface area contributed by atoms with Crippen LogP contribution in [0.1, 0.15) is 57.6 Å². The number of carbonyl (C=O) groups is 1. The van der Waals surface area contributed by atoms with E-state index in [2.05, 4.69) is 22.3 Å². The second-order valence-corrected chi connectivity index (χ2v) is 6.67. The number of aromatic nitrogens is 3. The molecule has 1 aromatic carbocycles. The molecule has 2 aromatic rings. The van der Waals surface area contributed by atoms with E-state index in [0.717, 1.165) is 19.3 Å². The lowest BCUT2D eigenvalue weighted by Gasteiger charge is -2.28. The van der Waals surface area contributed by atoms with Crippen molar-refractivity contribution in [3.63, 3.8) is 0 Å². The summed E-state index contributed by atoms with van der Waals surface area (Å²) in [7, 11) is 0. The molecular formula is C20H25FN4O2. The number of carbonyl (C=O) groups excluding carboxylic acids is 1. The minimum Gasteiger partial charge on any atom is -0.462 e. The number of ether oxygens (including phenoxy) is 1. The fourth-order valence-electron chi connectivity index (χ4n) is 3.29. The standard InChI is InChI=1S/C20H25FN4O2/c1-3-4-5-6-9-12-27-19(26)17-14(2)24-20-22-13-23-25(20)18(17)15-10-7-8-11-16(15)21/h7-8,10-11,13,18H,3-6,9,12H2,1-2H3,(H,22,23,24)/t18-/m1/s1. The summed E-state index contributed by atoms with van der Waals surface area (Å²) >= 11 is 0. The number of hydrogen-bond donors (Lipinski definition) is 1. The molecule has 7 heteroatoms. The first kappa shape index (κ1) is 19.1. The number of rotatable bonds is 8. The van der Waals surface area contributed by atoms with Gasteiger partial charge in [0.2, 0.25) is 5.95 Å². The summed E-state index contributed by atoms with van der Waals surface area (Å²) in [6.45, 7) is 4.28. The molecule has 0 spiro atoms. The van der Waals surface area contributed by atoms with Gasteiger partial charge in [-0.05, 0) is 19.4 Å². The maximum absolute atomic E-state index is 14.5. The third kappa shape index (κ3) is 4.18. The monoisotopic (exact) mass is 372 g/mol. The van der Waals surface area contributed by atoms with Crippen molar-refractivity contribution in [2.24, 2.45) is 0 Å². The Morgan fingerprint density at radius 1 is 1.26 bits per heavy atom. The number of anilines is 1. The summed E-state index contributed by atoms with van der Waals surface area (Å²) in [5.74, 6) is -0.384. The van der Waals surface area contributed by atoms with Gasteiger partial charge in [0.1, 0.15) is 18.2 Å². The van der Waals surface area contributed by atoms with Gasteiger partial charge in [-0.3, -0.25) is 0 Å². The molecule has 1 N–H and O–H groups in total. The van der Waals surface area contributed by atoms with E-state index < -0.39 is 17.8 Å². The summed E-state index contributed by atoms with van der Waals surface area (Å²) in [6.07, 6.45) is 6.73. The highest BCUT2D eigenvalue weighted by Crippen LogP contribution is 2.36. The third-order valence-electron chi connectivity index (χ3n) is 4.70.